The second kappa shape index (κ2) is 20.1. The van der Waals surface area contributed by atoms with Gasteiger partial charge in [-0.2, -0.15) is 0 Å². The first-order chi connectivity index (χ1) is 11.4. The molecule has 0 rings (SSSR count). The lowest BCUT2D eigenvalue weighted by Crippen LogP contribution is -1.78. The summed E-state index contributed by atoms with van der Waals surface area (Å²) in [4.78, 5) is 10.0. The van der Waals surface area contributed by atoms with Crippen molar-refractivity contribution in [3.63, 3.8) is 0 Å². The van der Waals surface area contributed by atoms with E-state index in [4.69, 9.17) is 0 Å². The highest BCUT2D eigenvalue weighted by Gasteiger charge is 1.88. The first-order valence-electron chi connectivity index (χ1n) is 8.85. The van der Waals surface area contributed by atoms with E-state index in [-0.39, 0.29) is 0 Å². The maximum Gasteiger partial charge on any atom is 0.142 e. The van der Waals surface area contributed by atoms with Gasteiger partial charge in [-0.15, -0.1) is 0 Å². The number of allylic oxidation sites excluding steroid dienone is 12. The number of hydrogen-bond donors (Lipinski definition) is 0. The maximum atomic E-state index is 10.0. The normalized spacial score (nSPS) is 13.1. The third kappa shape index (κ3) is 20.1. The molecule has 0 radical (unpaired) electrons. The molecule has 0 amide bonds. The van der Waals surface area contributed by atoms with Crippen LogP contribution in [0.5, 0.6) is 0 Å². The first kappa shape index (κ1) is 21.1. The minimum atomic E-state index is 0.764. The molecule has 23 heavy (non-hydrogen) atoms. The Hall–Kier alpha value is -1.89. The number of rotatable bonds is 14. The van der Waals surface area contributed by atoms with Gasteiger partial charge in [0.05, 0.1) is 0 Å². The van der Waals surface area contributed by atoms with E-state index in [0.29, 0.717) is 0 Å². The highest BCUT2D eigenvalue weighted by Crippen LogP contribution is 2.08. The molecule has 0 aliphatic rings. The Labute approximate surface area is 142 Å². The topological polar surface area (TPSA) is 17.1 Å². The molecule has 0 fully saturated rings. The average molecular weight is 312 g/mol. The molecule has 0 aliphatic heterocycles. The monoisotopic (exact) mass is 312 g/mol. The molecule has 0 atom stereocenters. The number of unbranched alkanes of at least 4 members (excludes halogenated alkanes) is 7. The van der Waals surface area contributed by atoms with Gasteiger partial charge in [-0.1, -0.05) is 112 Å². The largest absolute Gasteiger partial charge is 0.299 e. The summed E-state index contributed by atoms with van der Waals surface area (Å²) in [7, 11) is 0. The van der Waals surface area contributed by atoms with Crippen molar-refractivity contribution in [2.75, 3.05) is 0 Å². The van der Waals surface area contributed by atoms with Crippen LogP contribution in [0, 0.1) is 0 Å². The highest BCUT2D eigenvalue weighted by molar-refractivity contribution is 5.65. The molecule has 0 spiro atoms. The Bertz CT molecular complexity index is 419. The van der Waals surface area contributed by atoms with Crippen LogP contribution in [0.3, 0.4) is 0 Å². The first-order valence-corrected chi connectivity index (χ1v) is 8.85. The molecule has 126 valence electrons. The smallest absolute Gasteiger partial charge is 0.142 e. The van der Waals surface area contributed by atoms with Crippen LogP contribution in [0.4, 0.5) is 0 Å². The lowest BCUT2D eigenvalue weighted by molar-refractivity contribution is -0.104. The number of aldehydes is 1. The third-order valence-electron chi connectivity index (χ3n) is 3.30. The maximum absolute atomic E-state index is 10.0. The van der Waals surface area contributed by atoms with E-state index >= 15 is 0 Å². The zero-order valence-electron chi connectivity index (χ0n) is 14.6. The third-order valence-corrected chi connectivity index (χ3v) is 3.30. The van der Waals surface area contributed by atoms with Crippen molar-refractivity contribution in [2.45, 2.75) is 58.3 Å². The van der Waals surface area contributed by atoms with E-state index < -0.39 is 0 Å². The molecule has 0 aromatic rings. The van der Waals surface area contributed by atoms with Crippen molar-refractivity contribution in [1.82, 2.24) is 0 Å². The number of carbonyl (C=O) groups is 1. The van der Waals surface area contributed by atoms with Crippen molar-refractivity contribution in [1.29, 1.82) is 0 Å². The zero-order chi connectivity index (χ0) is 16.8. The van der Waals surface area contributed by atoms with Crippen LogP contribution in [0.25, 0.3) is 0 Å². The summed E-state index contributed by atoms with van der Waals surface area (Å²) >= 11 is 0. The molecule has 0 aliphatic carbocycles. The van der Waals surface area contributed by atoms with Crippen LogP contribution in [0.15, 0.2) is 72.9 Å². The van der Waals surface area contributed by atoms with Crippen LogP contribution in [0.1, 0.15) is 58.3 Å². The van der Waals surface area contributed by atoms with Gasteiger partial charge in [-0.05, 0) is 18.9 Å². The van der Waals surface area contributed by atoms with Gasteiger partial charge in [0, 0.05) is 0 Å². The van der Waals surface area contributed by atoms with E-state index in [2.05, 4.69) is 25.2 Å². The van der Waals surface area contributed by atoms with Crippen molar-refractivity contribution < 1.29 is 4.79 Å². The second-order valence-electron chi connectivity index (χ2n) is 5.40. The molecule has 0 heterocycles. The Kier molecular flexibility index (Phi) is 18.5. The van der Waals surface area contributed by atoms with E-state index in [0.717, 1.165) is 6.29 Å². The van der Waals surface area contributed by atoms with E-state index in [1.807, 2.05) is 42.5 Å². The van der Waals surface area contributed by atoms with Gasteiger partial charge in [-0.3, -0.25) is 4.79 Å². The molecule has 0 N–H and O–H groups in total. The van der Waals surface area contributed by atoms with E-state index in [1.165, 1.54) is 57.4 Å². The Morgan fingerprint density at radius 2 is 0.957 bits per heavy atom. The van der Waals surface area contributed by atoms with Crippen molar-refractivity contribution >= 4 is 6.29 Å². The number of hydrogen-bond acceptors (Lipinski definition) is 1. The van der Waals surface area contributed by atoms with Crippen LogP contribution < -0.4 is 0 Å². The molecule has 0 unspecified atom stereocenters. The van der Waals surface area contributed by atoms with Crippen molar-refractivity contribution in [2.24, 2.45) is 0 Å². The highest BCUT2D eigenvalue weighted by atomic mass is 16.1. The van der Waals surface area contributed by atoms with Gasteiger partial charge in [0.1, 0.15) is 6.29 Å². The molecule has 0 saturated heterocycles. The summed E-state index contributed by atoms with van der Waals surface area (Å²) in [6.45, 7) is 2.26. The van der Waals surface area contributed by atoms with Crippen LogP contribution in [-0.4, -0.2) is 6.29 Å². The van der Waals surface area contributed by atoms with Crippen LogP contribution in [-0.2, 0) is 4.79 Å². The fraction of sp³-hybridized carbons (Fsp3) is 0.409. The Balaban J connectivity index is 3.52. The van der Waals surface area contributed by atoms with Crippen LogP contribution >= 0.6 is 0 Å². The minimum absolute atomic E-state index is 0.764. The zero-order valence-corrected chi connectivity index (χ0v) is 14.6. The van der Waals surface area contributed by atoms with Gasteiger partial charge in [-0.25, -0.2) is 0 Å². The predicted molar refractivity (Wildman–Crippen MR) is 104 cm³/mol. The molecule has 1 heteroatoms. The SMILES string of the molecule is CCCCCCCCC/C=C/C=C/C=C/C=C/C=C/C=C/C=O. The van der Waals surface area contributed by atoms with Gasteiger partial charge >= 0.3 is 0 Å². The average Bonchev–Trinajstić information content (AvgIpc) is 2.57. The molecule has 0 bridgehead atoms. The molecule has 1 nitrogen and oxygen atoms in total. The summed E-state index contributed by atoms with van der Waals surface area (Å²) in [5, 5.41) is 0. The standard InChI is InChI=1S/C22H32O/c1-2-3-4-5-6-7-8-9-10-11-12-13-14-15-16-17-18-19-20-21-22-23/h10-22H,2-9H2,1H3/b11-10+,13-12+,15-14+,17-16+,19-18+,21-20+. The van der Waals surface area contributed by atoms with Crippen molar-refractivity contribution in [3.05, 3.63) is 72.9 Å². The lowest BCUT2D eigenvalue weighted by atomic mass is 10.1. The van der Waals surface area contributed by atoms with Gasteiger partial charge in [0.2, 0.25) is 0 Å². The Morgan fingerprint density at radius 1 is 0.522 bits per heavy atom. The van der Waals surface area contributed by atoms with Gasteiger partial charge < -0.3 is 0 Å². The fourth-order valence-corrected chi connectivity index (χ4v) is 2.02. The lowest BCUT2D eigenvalue weighted by Gasteiger charge is -1.98. The summed E-state index contributed by atoms with van der Waals surface area (Å²) in [6.07, 6.45) is 34.7. The minimum Gasteiger partial charge on any atom is -0.299 e. The number of carbonyl (C=O) groups excluding carboxylic acids is 1. The fourth-order valence-electron chi connectivity index (χ4n) is 2.02. The summed E-state index contributed by atoms with van der Waals surface area (Å²) < 4.78 is 0. The molecule has 0 aromatic heterocycles. The molecule has 0 saturated carbocycles. The van der Waals surface area contributed by atoms with Gasteiger partial charge in [0.15, 0.2) is 0 Å². The quantitative estimate of drug-likeness (QED) is 0.152. The molecule has 0 aromatic carbocycles. The molecular weight excluding hydrogens is 280 g/mol. The second-order valence-corrected chi connectivity index (χ2v) is 5.40. The van der Waals surface area contributed by atoms with E-state index in [1.54, 1.807) is 6.08 Å². The molecular formula is C22H32O. The summed E-state index contributed by atoms with van der Waals surface area (Å²) in [6, 6.07) is 0. The Morgan fingerprint density at radius 3 is 1.48 bits per heavy atom. The van der Waals surface area contributed by atoms with Crippen LogP contribution in [0.2, 0.25) is 0 Å². The van der Waals surface area contributed by atoms with E-state index in [9.17, 15) is 4.79 Å². The predicted octanol–water partition coefficient (Wildman–Crippen LogP) is 6.66. The van der Waals surface area contributed by atoms with Gasteiger partial charge in [0.25, 0.3) is 0 Å². The van der Waals surface area contributed by atoms with Crippen molar-refractivity contribution in [3.8, 4) is 0 Å². The summed E-state index contributed by atoms with van der Waals surface area (Å²) in [5.74, 6) is 0. The summed E-state index contributed by atoms with van der Waals surface area (Å²) in [5.41, 5.74) is 0.